The van der Waals surface area contributed by atoms with E-state index in [1.807, 2.05) is 6.20 Å². The van der Waals surface area contributed by atoms with Gasteiger partial charge >= 0.3 is 0 Å². The average molecular weight is 173 g/mol. The molecule has 2 rings (SSSR count). The summed E-state index contributed by atoms with van der Waals surface area (Å²) in [7, 11) is 0. The van der Waals surface area contributed by atoms with Gasteiger partial charge in [0.05, 0.1) is 0 Å². The molecule has 1 atom stereocenters. The smallest absolute Gasteiger partial charge is 0.0475 e. The molecule has 1 unspecified atom stereocenters. The fourth-order valence-electron chi connectivity index (χ4n) is 1.75. The lowest BCUT2D eigenvalue weighted by atomic mass is 9.93. The third-order valence-corrected chi connectivity index (χ3v) is 2.49. The lowest BCUT2D eigenvalue weighted by Crippen LogP contribution is -2.07. The van der Waals surface area contributed by atoms with Crippen LogP contribution in [0.15, 0.2) is 41.1 Å². The molecule has 68 valence electrons. The number of hydrogen-bond donors (Lipinski definition) is 0. The Labute approximate surface area is 79.6 Å². The van der Waals surface area contributed by atoms with Gasteiger partial charge in [-0.25, -0.2) is 0 Å². The van der Waals surface area contributed by atoms with Gasteiger partial charge < -0.3 is 0 Å². The zero-order chi connectivity index (χ0) is 9.10. The summed E-state index contributed by atoms with van der Waals surface area (Å²) in [5.74, 6) is 0.675. The first-order valence-electron chi connectivity index (χ1n) is 4.96. The molecule has 0 radical (unpaired) electrons. The highest BCUT2D eigenvalue weighted by Gasteiger charge is 2.10. The molecule has 1 aliphatic carbocycles. The molecule has 1 heterocycles. The van der Waals surface area contributed by atoms with Gasteiger partial charge in [-0.3, -0.25) is 4.99 Å². The Hall–Kier alpha value is -1.11. The van der Waals surface area contributed by atoms with Crippen LogP contribution in [0.4, 0.5) is 0 Å². The van der Waals surface area contributed by atoms with E-state index in [1.165, 1.54) is 17.7 Å². The number of allylic oxidation sites excluding steroid dienone is 5. The van der Waals surface area contributed by atoms with Gasteiger partial charge in [0.15, 0.2) is 0 Å². The van der Waals surface area contributed by atoms with E-state index in [1.54, 1.807) is 0 Å². The molecule has 0 spiro atoms. The Bertz CT molecular complexity index is 305. The summed E-state index contributed by atoms with van der Waals surface area (Å²) >= 11 is 0. The molecule has 1 heteroatoms. The molecule has 0 aromatic rings. The molecule has 0 amide bonds. The summed E-state index contributed by atoms with van der Waals surface area (Å²) in [4.78, 5) is 4.40. The molecule has 0 saturated heterocycles. The highest BCUT2D eigenvalue weighted by atomic mass is 14.7. The summed E-state index contributed by atoms with van der Waals surface area (Å²) in [5, 5.41) is 0. The standard InChI is InChI=1S/C12H15N/c1-10-5-4-6-11(9-10)12-7-2-3-8-13-12/h3-4,6,8-10H,2,5,7H2,1H3. The van der Waals surface area contributed by atoms with Crippen LogP contribution in [0, 0.1) is 5.92 Å². The Morgan fingerprint density at radius 1 is 1.38 bits per heavy atom. The molecular weight excluding hydrogens is 158 g/mol. The van der Waals surface area contributed by atoms with Crippen LogP contribution in [0.2, 0.25) is 0 Å². The molecule has 2 aliphatic rings. The second-order valence-corrected chi connectivity index (χ2v) is 3.74. The van der Waals surface area contributed by atoms with Crippen LogP contribution in [-0.4, -0.2) is 5.71 Å². The van der Waals surface area contributed by atoms with E-state index < -0.39 is 0 Å². The van der Waals surface area contributed by atoms with Gasteiger partial charge in [0.2, 0.25) is 0 Å². The van der Waals surface area contributed by atoms with Crippen molar-refractivity contribution < 1.29 is 0 Å². The monoisotopic (exact) mass is 173 g/mol. The van der Waals surface area contributed by atoms with Gasteiger partial charge in [-0.15, -0.1) is 0 Å². The van der Waals surface area contributed by atoms with E-state index in [9.17, 15) is 0 Å². The average Bonchev–Trinajstić information content (AvgIpc) is 2.19. The molecule has 0 N–H and O–H groups in total. The predicted molar refractivity (Wildman–Crippen MR) is 56.8 cm³/mol. The van der Waals surface area contributed by atoms with Gasteiger partial charge in [-0.05, 0) is 30.8 Å². The minimum absolute atomic E-state index is 0.675. The van der Waals surface area contributed by atoms with Crippen LogP contribution >= 0.6 is 0 Å². The van der Waals surface area contributed by atoms with E-state index >= 15 is 0 Å². The fraction of sp³-hybridized carbons (Fsp3) is 0.417. The zero-order valence-electron chi connectivity index (χ0n) is 8.03. The highest BCUT2D eigenvalue weighted by Crippen LogP contribution is 2.20. The van der Waals surface area contributed by atoms with E-state index in [-0.39, 0.29) is 0 Å². The first kappa shape index (κ1) is 8.49. The van der Waals surface area contributed by atoms with Crippen LogP contribution in [-0.2, 0) is 0 Å². The van der Waals surface area contributed by atoms with Crippen molar-refractivity contribution in [1.82, 2.24) is 0 Å². The second-order valence-electron chi connectivity index (χ2n) is 3.74. The van der Waals surface area contributed by atoms with Crippen LogP contribution in [0.5, 0.6) is 0 Å². The lowest BCUT2D eigenvalue weighted by molar-refractivity contribution is 0.732. The Kier molecular flexibility index (Phi) is 2.44. The summed E-state index contributed by atoms with van der Waals surface area (Å²) in [6.45, 7) is 2.25. The van der Waals surface area contributed by atoms with Crippen molar-refractivity contribution in [2.75, 3.05) is 0 Å². The third-order valence-electron chi connectivity index (χ3n) is 2.49. The maximum Gasteiger partial charge on any atom is 0.0475 e. The number of rotatable bonds is 1. The van der Waals surface area contributed by atoms with E-state index in [2.05, 4.69) is 36.2 Å². The predicted octanol–water partition coefficient (Wildman–Crippen LogP) is 3.26. The topological polar surface area (TPSA) is 12.4 Å². The number of aliphatic imine (C=N–C) groups is 1. The maximum absolute atomic E-state index is 4.40. The molecule has 1 aliphatic heterocycles. The Morgan fingerprint density at radius 3 is 3.00 bits per heavy atom. The van der Waals surface area contributed by atoms with Crippen molar-refractivity contribution in [1.29, 1.82) is 0 Å². The van der Waals surface area contributed by atoms with Crippen molar-refractivity contribution >= 4 is 5.71 Å². The quantitative estimate of drug-likeness (QED) is 0.577. The van der Waals surface area contributed by atoms with Gasteiger partial charge in [0.25, 0.3) is 0 Å². The first-order valence-corrected chi connectivity index (χ1v) is 4.96. The number of hydrogen-bond acceptors (Lipinski definition) is 1. The van der Waals surface area contributed by atoms with Crippen LogP contribution in [0.3, 0.4) is 0 Å². The minimum Gasteiger partial charge on any atom is -0.261 e. The molecule has 0 saturated carbocycles. The van der Waals surface area contributed by atoms with Crippen molar-refractivity contribution in [2.45, 2.75) is 26.2 Å². The van der Waals surface area contributed by atoms with Gasteiger partial charge in [-0.2, -0.15) is 0 Å². The minimum atomic E-state index is 0.675. The van der Waals surface area contributed by atoms with Gasteiger partial charge in [-0.1, -0.05) is 31.2 Å². The normalized spacial score (nSPS) is 27.0. The highest BCUT2D eigenvalue weighted by molar-refractivity contribution is 6.03. The molecule has 0 fully saturated rings. The second kappa shape index (κ2) is 3.73. The van der Waals surface area contributed by atoms with Crippen molar-refractivity contribution in [3.63, 3.8) is 0 Å². The van der Waals surface area contributed by atoms with Crippen LogP contribution < -0.4 is 0 Å². The number of nitrogens with zero attached hydrogens (tertiary/aromatic N) is 1. The largest absolute Gasteiger partial charge is 0.261 e. The van der Waals surface area contributed by atoms with E-state index in [4.69, 9.17) is 0 Å². The van der Waals surface area contributed by atoms with Crippen LogP contribution in [0.25, 0.3) is 0 Å². The summed E-state index contributed by atoms with van der Waals surface area (Å²) in [6.07, 6.45) is 14.2. The molecule has 0 aromatic heterocycles. The van der Waals surface area contributed by atoms with E-state index in [0.29, 0.717) is 5.92 Å². The van der Waals surface area contributed by atoms with Gasteiger partial charge in [0, 0.05) is 11.9 Å². The molecule has 0 bridgehead atoms. The first-order chi connectivity index (χ1) is 6.36. The molecule has 1 nitrogen and oxygen atoms in total. The zero-order valence-corrected chi connectivity index (χ0v) is 8.03. The third kappa shape index (κ3) is 1.97. The lowest BCUT2D eigenvalue weighted by Gasteiger charge is -2.14. The Morgan fingerprint density at radius 2 is 2.31 bits per heavy atom. The van der Waals surface area contributed by atoms with Crippen molar-refractivity contribution in [3.8, 4) is 0 Å². The van der Waals surface area contributed by atoms with Crippen molar-refractivity contribution in [3.05, 3.63) is 36.1 Å². The van der Waals surface area contributed by atoms with E-state index in [0.717, 1.165) is 12.8 Å². The van der Waals surface area contributed by atoms with Gasteiger partial charge in [0.1, 0.15) is 0 Å². The molecule has 13 heavy (non-hydrogen) atoms. The summed E-state index contributed by atoms with van der Waals surface area (Å²) in [5.41, 5.74) is 2.59. The molecule has 0 aromatic carbocycles. The summed E-state index contributed by atoms with van der Waals surface area (Å²) < 4.78 is 0. The SMILES string of the molecule is CC1C=C(C2=NC=CCC2)C=CC1. The fourth-order valence-corrected chi connectivity index (χ4v) is 1.75. The van der Waals surface area contributed by atoms with Crippen molar-refractivity contribution in [2.24, 2.45) is 10.9 Å². The van der Waals surface area contributed by atoms with Crippen LogP contribution in [0.1, 0.15) is 26.2 Å². The Balaban J connectivity index is 2.20. The molecular formula is C12H15N. The maximum atomic E-state index is 4.40. The summed E-state index contributed by atoms with van der Waals surface area (Å²) in [6, 6.07) is 0.